The summed E-state index contributed by atoms with van der Waals surface area (Å²) in [6, 6.07) is 3.90. The van der Waals surface area contributed by atoms with Crippen LogP contribution in [0.3, 0.4) is 0 Å². The zero-order valence-electron chi connectivity index (χ0n) is 12.3. The van der Waals surface area contributed by atoms with E-state index >= 15 is 0 Å². The van der Waals surface area contributed by atoms with E-state index in [9.17, 15) is 4.79 Å². The van der Waals surface area contributed by atoms with Gasteiger partial charge in [-0.1, -0.05) is 0 Å². The van der Waals surface area contributed by atoms with Crippen LogP contribution in [-0.2, 0) is 0 Å². The highest BCUT2D eigenvalue weighted by atomic mass is 16.1. The lowest BCUT2D eigenvalue weighted by atomic mass is 9.48. The average Bonchev–Trinajstić information content (AvgIpc) is 2.37. The van der Waals surface area contributed by atoms with Crippen LogP contribution in [0.1, 0.15) is 61.0 Å². The third-order valence-corrected chi connectivity index (χ3v) is 5.93. The molecule has 4 saturated carbocycles. The van der Waals surface area contributed by atoms with E-state index in [-0.39, 0.29) is 0 Å². The number of hydrogen-bond donors (Lipinski definition) is 0. The molecule has 4 fully saturated rings. The number of Topliss-reactive ketones (excluding diaryl/α,β-unsaturated/α-hetero) is 1. The topological polar surface area (TPSA) is 30.0 Å². The molecule has 4 aliphatic rings. The maximum Gasteiger partial charge on any atom is 0.164 e. The van der Waals surface area contributed by atoms with Crippen LogP contribution in [0.25, 0.3) is 0 Å². The van der Waals surface area contributed by atoms with Gasteiger partial charge in [-0.3, -0.25) is 9.78 Å². The molecule has 0 aromatic carbocycles. The quantitative estimate of drug-likeness (QED) is 0.770. The van der Waals surface area contributed by atoms with Crippen LogP contribution in [0.15, 0.2) is 18.3 Å². The van der Waals surface area contributed by atoms with Gasteiger partial charge in [0.05, 0.1) is 0 Å². The highest BCUT2D eigenvalue weighted by Crippen LogP contribution is 2.61. The molecule has 5 rings (SSSR count). The number of hydrogen-bond acceptors (Lipinski definition) is 2. The summed E-state index contributed by atoms with van der Waals surface area (Å²) >= 11 is 0. The van der Waals surface area contributed by atoms with Gasteiger partial charge in [0.1, 0.15) is 0 Å². The number of rotatable bonds is 3. The monoisotopic (exact) mass is 269 g/mol. The molecule has 2 heteroatoms. The summed E-state index contributed by atoms with van der Waals surface area (Å²) in [5.74, 6) is 3.08. The lowest BCUT2D eigenvalue weighted by molar-refractivity contribution is -0.0524. The second kappa shape index (κ2) is 4.41. The van der Waals surface area contributed by atoms with E-state index in [4.69, 9.17) is 0 Å². The summed E-state index contributed by atoms with van der Waals surface area (Å²) in [5, 5.41) is 0. The van der Waals surface area contributed by atoms with E-state index in [1.807, 2.05) is 19.1 Å². The van der Waals surface area contributed by atoms with Crippen LogP contribution < -0.4 is 0 Å². The number of nitrogens with zero attached hydrogens (tertiary/aromatic N) is 1. The van der Waals surface area contributed by atoms with Crippen molar-refractivity contribution in [3.05, 3.63) is 29.6 Å². The smallest absolute Gasteiger partial charge is 0.164 e. The van der Waals surface area contributed by atoms with Gasteiger partial charge in [-0.25, -0.2) is 0 Å². The Morgan fingerprint density at radius 2 is 1.75 bits per heavy atom. The lowest BCUT2D eigenvalue weighted by Gasteiger charge is -2.56. The van der Waals surface area contributed by atoms with Crippen molar-refractivity contribution in [3.8, 4) is 0 Å². The maximum atomic E-state index is 12.6. The molecule has 106 valence electrons. The van der Waals surface area contributed by atoms with E-state index in [1.54, 1.807) is 6.20 Å². The SMILES string of the molecule is Cc1ccc(C(=O)CC23CC4CC(CC(C4)C2)C3)cn1. The average molecular weight is 269 g/mol. The molecule has 0 atom stereocenters. The number of aryl methyl sites for hydroxylation is 1. The third-order valence-electron chi connectivity index (χ3n) is 5.93. The normalized spacial score (nSPS) is 38.1. The van der Waals surface area contributed by atoms with Gasteiger partial charge in [0.15, 0.2) is 5.78 Å². The van der Waals surface area contributed by atoms with Crippen molar-refractivity contribution < 1.29 is 4.79 Å². The Bertz CT molecular complexity index is 496. The Kier molecular flexibility index (Phi) is 2.77. The fourth-order valence-electron chi connectivity index (χ4n) is 5.58. The highest BCUT2D eigenvalue weighted by molar-refractivity contribution is 5.96. The van der Waals surface area contributed by atoms with Crippen molar-refractivity contribution in [2.45, 2.75) is 51.9 Å². The van der Waals surface area contributed by atoms with Gasteiger partial charge >= 0.3 is 0 Å². The molecular formula is C18H23NO. The Morgan fingerprint density at radius 3 is 2.25 bits per heavy atom. The van der Waals surface area contributed by atoms with Gasteiger partial charge in [0.2, 0.25) is 0 Å². The number of aromatic nitrogens is 1. The first-order valence-electron chi connectivity index (χ1n) is 8.08. The van der Waals surface area contributed by atoms with E-state index in [0.717, 1.165) is 35.4 Å². The van der Waals surface area contributed by atoms with E-state index in [2.05, 4.69) is 4.98 Å². The molecule has 0 saturated heterocycles. The molecule has 1 heterocycles. The fraction of sp³-hybridized carbons (Fsp3) is 0.667. The summed E-state index contributed by atoms with van der Waals surface area (Å²) in [6.45, 7) is 1.97. The van der Waals surface area contributed by atoms with E-state index in [0.29, 0.717) is 11.2 Å². The third kappa shape index (κ3) is 2.10. The van der Waals surface area contributed by atoms with Crippen LogP contribution >= 0.6 is 0 Å². The van der Waals surface area contributed by atoms with Crippen LogP contribution in [-0.4, -0.2) is 10.8 Å². The zero-order valence-corrected chi connectivity index (χ0v) is 12.3. The van der Waals surface area contributed by atoms with E-state index < -0.39 is 0 Å². The first-order valence-corrected chi connectivity index (χ1v) is 8.08. The second-order valence-corrected chi connectivity index (χ2v) is 7.71. The van der Waals surface area contributed by atoms with Gasteiger partial charge in [-0.2, -0.15) is 0 Å². The van der Waals surface area contributed by atoms with Gasteiger partial charge in [-0.15, -0.1) is 0 Å². The Morgan fingerprint density at radius 1 is 1.15 bits per heavy atom. The molecule has 0 unspecified atom stereocenters. The van der Waals surface area contributed by atoms with Gasteiger partial charge in [-0.05, 0) is 80.8 Å². The number of ketones is 1. The first kappa shape index (κ1) is 12.6. The minimum atomic E-state index is 0.319. The van der Waals surface area contributed by atoms with Crippen LogP contribution in [0.5, 0.6) is 0 Å². The molecule has 4 bridgehead atoms. The maximum absolute atomic E-state index is 12.6. The highest BCUT2D eigenvalue weighted by Gasteiger charge is 2.51. The molecule has 1 aromatic heterocycles. The molecule has 4 aliphatic carbocycles. The first-order chi connectivity index (χ1) is 9.62. The van der Waals surface area contributed by atoms with Crippen molar-refractivity contribution in [1.29, 1.82) is 0 Å². The number of carbonyl (C=O) groups excluding carboxylic acids is 1. The second-order valence-electron chi connectivity index (χ2n) is 7.71. The largest absolute Gasteiger partial charge is 0.294 e. The molecule has 0 N–H and O–H groups in total. The lowest BCUT2D eigenvalue weighted by Crippen LogP contribution is -2.46. The summed E-state index contributed by atoms with van der Waals surface area (Å²) < 4.78 is 0. The fourth-order valence-corrected chi connectivity index (χ4v) is 5.58. The molecule has 1 aromatic rings. The number of carbonyl (C=O) groups is 1. The number of pyridine rings is 1. The summed E-state index contributed by atoms with van der Waals surface area (Å²) in [7, 11) is 0. The van der Waals surface area contributed by atoms with E-state index in [1.165, 1.54) is 38.5 Å². The van der Waals surface area contributed by atoms with Crippen LogP contribution in [0.4, 0.5) is 0 Å². The van der Waals surface area contributed by atoms with Crippen molar-refractivity contribution in [3.63, 3.8) is 0 Å². The predicted molar refractivity (Wildman–Crippen MR) is 78.5 cm³/mol. The molecule has 0 amide bonds. The molecule has 2 nitrogen and oxygen atoms in total. The summed E-state index contributed by atoms with van der Waals surface area (Å²) in [5.41, 5.74) is 2.14. The van der Waals surface area contributed by atoms with Crippen molar-refractivity contribution in [1.82, 2.24) is 4.98 Å². The Hall–Kier alpha value is -1.18. The molecular weight excluding hydrogens is 246 g/mol. The van der Waals surface area contributed by atoms with Crippen LogP contribution in [0.2, 0.25) is 0 Å². The van der Waals surface area contributed by atoms with Crippen LogP contribution in [0, 0.1) is 30.1 Å². The standard InChI is InChI=1S/C18H23NO/c1-12-2-3-16(11-19-12)17(20)10-18-7-13-4-14(8-18)6-15(5-13)9-18/h2-3,11,13-15H,4-10H2,1H3. The minimum Gasteiger partial charge on any atom is -0.294 e. The summed E-state index contributed by atoms with van der Waals surface area (Å²) in [6.07, 6.45) is 10.8. The van der Waals surface area contributed by atoms with Gasteiger partial charge in [0, 0.05) is 23.9 Å². The van der Waals surface area contributed by atoms with Gasteiger partial charge < -0.3 is 0 Å². The Balaban J connectivity index is 1.53. The van der Waals surface area contributed by atoms with Crippen molar-refractivity contribution in [2.75, 3.05) is 0 Å². The zero-order chi connectivity index (χ0) is 13.7. The van der Waals surface area contributed by atoms with Crippen molar-refractivity contribution in [2.24, 2.45) is 23.2 Å². The molecule has 0 radical (unpaired) electrons. The Labute approximate surface area is 121 Å². The predicted octanol–water partition coefficient (Wildman–Crippen LogP) is 4.18. The van der Waals surface area contributed by atoms with Gasteiger partial charge in [0.25, 0.3) is 0 Å². The van der Waals surface area contributed by atoms with Crippen molar-refractivity contribution >= 4 is 5.78 Å². The molecule has 0 spiro atoms. The molecule has 20 heavy (non-hydrogen) atoms. The minimum absolute atomic E-state index is 0.319. The summed E-state index contributed by atoms with van der Waals surface area (Å²) in [4.78, 5) is 16.9. The molecule has 0 aliphatic heterocycles.